The van der Waals surface area contributed by atoms with Crippen LogP contribution in [-0.2, 0) is 4.79 Å². The van der Waals surface area contributed by atoms with Crippen LogP contribution in [0.1, 0.15) is 33.1 Å². The molecule has 2 amide bonds. The Morgan fingerprint density at radius 3 is 2.72 bits per heavy atom. The molecule has 0 aromatic rings. The number of rotatable bonds is 6. The largest absolute Gasteiger partial charge is 0.481 e. The van der Waals surface area contributed by atoms with Crippen molar-refractivity contribution in [3.63, 3.8) is 0 Å². The molecular formula is C12H22N2O3S. The second kappa shape index (κ2) is 6.87. The van der Waals surface area contributed by atoms with E-state index in [4.69, 9.17) is 5.11 Å². The van der Waals surface area contributed by atoms with Crippen molar-refractivity contribution in [2.75, 3.05) is 18.8 Å². The molecule has 5 nitrogen and oxygen atoms in total. The normalized spacial score (nSPS) is 24.6. The molecule has 6 heteroatoms. The van der Waals surface area contributed by atoms with Gasteiger partial charge in [-0.1, -0.05) is 6.92 Å². The molecule has 1 saturated heterocycles. The highest BCUT2D eigenvalue weighted by Crippen LogP contribution is 2.36. The zero-order valence-corrected chi connectivity index (χ0v) is 11.8. The van der Waals surface area contributed by atoms with Gasteiger partial charge < -0.3 is 15.7 Å². The molecule has 104 valence electrons. The zero-order valence-electron chi connectivity index (χ0n) is 11.0. The second-order valence-electron chi connectivity index (χ2n) is 5.04. The van der Waals surface area contributed by atoms with Gasteiger partial charge in [-0.25, -0.2) is 4.79 Å². The van der Waals surface area contributed by atoms with Gasteiger partial charge >= 0.3 is 12.0 Å². The molecule has 2 unspecified atom stereocenters. The first-order chi connectivity index (χ1) is 8.43. The monoisotopic (exact) mass is 274 g/mol. The SMILES string of the molecule is CC(CCNC(=O)NCC1(C)CCCS1)C(=O)O. The van der Waals surface area contributed by atoms with Crippen LogP contribution in [0.3, 0.4) is 0 Å². The number of hydrogen-bond donors (Lipinski definition) is 3. The van der Waals surface area contributed by atoms with E-state index in [1.54, 1.807) is 6.92 Å². The quantitative estimate of drug-likeness (QED) is 0.688. The Morgan fingerprint density at radius 1 is 1.44 bits per heavy atom. The van der Waals surface area contributed by atoms with Gasteiger partial charge in [0.15, 0.2) is 0 Å². The molecule has 1 aliphatic rings. The summed E-state index contributed by atoms with van der Waals surface area (Å²) in [6.45, 7) is 4.86. The Labute approximate surface area is 112 Å². The summed E-state index contributed by atoms with van der Waals surface area (Å²) in [6, 6.07) is -0.207. The smallest absolute Gasteiger partial charge is 0.314 e. The van der Waals surface area contributed by atoms with E-state index in [1.807, 2.05) is 11.8 Å². The second-order valence-corrected chi connectivity index (χ2v) is 6.72. The lowest BCUT2D eigenvalue weighted by molar-refractivity contribution is -0.141. The minimum absolute atomic E-state index is 0.158. The van der Waals surface area contributed by atoms with Crippen LogP contribution in [-0.4, -0.2) is 40.7 Å². The van der Waals surface area contributed by atoms with Crippen LogP contribution in [0.5, 0.6) is 0 Å². The van der Waals surface area contributed by atoms with E-state index >= 15 is 0 Å². The maximum Gasteiger partial charge on any atom is 0.314 e. The standard InChI is InChI=1S/C12H22N2O3S/c1-9(10(15)16)4-6-13-11(17)14-8-12(2)5-3-7-18-12/h9H,3-8H2,1-2H3,(H,15,16)(H2,13,14,17). The van der Waals surface area contributed by atoms with Gasteiger partial charge in [0.2, 0.25) is 0 Å². The zero-order chi connectivity index (χ0) is 13.6. The van der Waals surface area contributed by atoms with Crippen molar-refractivity contribution >= 4 is 23.8 Å². The molecule has 0 aromatic carbocycles. The van der Waals surface area contributed by atoms with Gasteiger partial charge in [-0.2, -0.15) is 11.8 Å². The predicted octanol–water partition coefficient (Wildman–Crippen LogP) is 1.68. The summed E-state index contributed by atoms with van der Waals surface area (Å²) in [5, 5.41) is 14.2. The Hall–Kier alpha value is -0.910. The number of hydrogen-bond acceptors (Lipinski definition) is 3. The van der Waals surface area contributed by atoms with E-state index < -0.39 is 11.9 Å². The molecule has 0 radical (unpaired) electrons. The number of carbonyl (C=O) groups excluding carboxylic acids is 1. The van der Waals surface area contributed by atoms with Crippen molar-refractivity contribution in [3.05, 3.63) is 0 Å². The van der Waals surface area contributed by atoms with E-state index in [1.165, 1.54) is 6.42 Å². The Balaban J connectivity index is 2.12. The average molecular weight is 274 g/mol. The van der Waals surface area contributed by atoms with Crippen LogP contribution in [0.15, 0.2) is 0 Å². The first kappa shape index (κ1) is 15.1. The van der Waals surface area contributed by atoms with E-state index in [0.717, 1.165) is 12.2 Å². The molecule has 1 fully saturated rings. The molecule has 1 heterocycles. The molecule has 0 saturated carbocycles. The van der Waals surface area contributed by atoms with Gasteiger partial charge in [0.05, 0.1) is 5.92 Å². The minimum atomic E-state index is -0.827. The van der Waals surface area contributed by atoms with Gasteiger partial charge in [-0.15, -0.1) is 0 Å². The first-order valence-electron chi connectivity index (χ1n) is 6.31. The van der Waals surface area contributed by atoms with Crippen LogP contribution in [0, 0.1) is 5.92 Å². The number of amides is 2. The molecule has 18 heavy (non-hydrogen) atoms. The first-order valence-corrected chi connectivity index (χ1v) is 7.30. The molecule has 0 aliphatic carbocycles. The van der Waals surface area contributed by atoms with Gasteiger partial charge in [0.1, 0.15) is 0 Å². The number of nitrogens with one attached hydrogen (secondary N) is 2. The third-order valence-corrected chi connectivity index (χ3v) is 4.75. The molecule has 1 aliphatic heterocycles. The summed E-state index contributed by atoms with van der Waals surface area (Å²) in [7, 11) is 0. The van der Waals surface area contributed by atoms with Crippen LogP contribution in [0.4, 0.5) is 4.79 Å². The van der Waals surface area contributed by atoms with Gasteiger partial charge in [-0.3, -0.25) is 4.79 Å². The summed E-state index contributed by atoms with van der Waals surface area (Å²) in [4.78, 5) is 22.1. The summed E-state index contributed by atoms with van der Waals surface area (Å²) >= 11 is 1.90. The fourth-order valence-corrected chi connectivity index (χ4v) is 3.08. The third kappa shape index (κ3) is 5.16. The lowest BCUT2D eigenvalue weighted by Crippen LogP contribution is -2.43. The van der Waals surface area contributed by atoms with Crippen LogP contribution >= 0.6 is 11.8 Å². The third-order valence-electron chi connectivity index (χ3n) is 3.21. The highest BCUT2D eigenvalue weighted by Gasteiger charge is 2.29. The van der Waals surface area contributed by atoms with Gasteiger partial charge in [0, 0.05) is 17.8 Å². The van der Waals surface area contributed by atoms with E-state index in [0.29, 0.717) is 19.5 Å². The van der Waals surface area contributed by atoms with Crippen molar-refractivity contribution in [2.45, 2.75) is 37.9 Å². The summed E-state index contributed by atoms with van der Waals surface area (Å²) < 4.78 is 0.158. The maximum atomic E-state index is 11.5. The molecule has 1 rings (SSSR count). The van der Waals surface area contributed by atoms with Crippen molar-refractivity contribution in [1.82, 2.24) is 10.6 Å². The van der Waals surface area contributed by atoms with Crippen LogP contribution < -0.4 is 10.6 Å². The number of carboxylic acid groups (broad SMARTS) is 1. The minimum Gasteiger partial charge on any atom is -0.481 e. The molecule has 0 aromatic heterocycles. The number of thioether (sulfide) groups is 1. The number of carbonyl (C=O) groups is 2. The van der Waals surface area contributed by atoms with E-state index in [9.17, 15) is 9.59 Å². The van der Waals surface area contributed by atoms with Crippen molar-refractivity contribution < 1.29 is 14.7 Å². The Kier molecular flexibility index (Phi) is 5.78. The van der Waals surface area contributed by atoms with Crippen LogP contribution in [0.25, 0.3) is 0 Å². The van der Waals surface area contributed by atoms with Crippen molar-refractivity contribution in [2.24, 2.45) is 5.92 Å². The summed E-state index contributed by atoms with van der Waals surface area (Å²) in [5.74, 6) is -0.0871. The van der Waals surface area contributed by atoms with Crippen molar-refractivity contribution in [3.8, 4) is 0 Å². The molecule has 2 atom stereocenters. The molecular weight excluding hydrogens is 252 g/mol. The lowest BCUT2D eigenvalue weighted by Gasteiger charge is -2.23. The Morgan fingerprint density at radius 2 is 2.17 bits per heavy atom. The molecule has 0 spiro atoms. The lowest BCUT2D eigenvalue weighted by atomic mass is 10.1. The maximum absolute atomic E-state index is 11.5. The average Bonchev–Trinajstić information content (AvgIpc) is 2.74. The molecule has 0 bridgehead atoms. The topological polar surface area (TPSA) is 78.4 Å². The Bertz CT molecular complexity index is 304. The summed E-state index contributed by atoms with van der Waals surface area (Å²) in [5.41, 5.74) is 0. The number of carboxylic acids is 1. The van der Waals surface area contributed by atoms with Gasteiger partial charge in [-0.05, 0) is 31.9 Å². The van der Waals surface area contributed by atoms with Gasteiger partial charge in [0.25, 0.3) is 0 Å². The fourth-order valence-electron chi connectivity index (χ4n) is 1.83. The molecule has 3 N–H and O–H groups in total. The fraction of sp³-hybridized carbons (Fsp3) is 0.833. The summed E-state index contributed by atoms with van der Waals surface area (Å²) in [6.07, 6.45) is 2.79. The highest BCUT2D eigenvalue weighted by atomic mass is 32.2. The van der Waals surface area contributed by atoms with E-state index in [2.05, 4.69) is 17.6 Å². The predicted molar refractivity (Wildman–Crippen MR) is 72.9 cm³/mol. The highest BCUT2D eigenvalue weighted by molar-refractivity contribution is 8.00. The van der Waals surface area contributed by atoms with E-state index in [-0.39, 0.29) is 10.8 Å². The van der Waals surface area contributed by atoms with Crippen molar-refractivity contribution in [1.29, 1.82) is 0 Å². The number of aliphatic carboxylic acids is 1. The van der Waals surface area contributed by atoms with Crippen LogP contribution in [0.2, 0.25) is 0 Å². The number of urea groups is 1.